The number of nitrogens with one attached hydrogen (secondary N) is 1. The molecule has 2 aliphatic rings. The summed E-state index contributed by atoms with van der Waals surface area (Å²) in [7, 11) is 1.66. The largest absolute Gasteiger partial charge is 0.497 e. The summed E-state index contributed by atoms with van der Waals surface area (Å²) in [4.78, 5) is 0. The summed E-state index contributed by atoms with van der Waals surface area (Å²) in [5.41, 5.74) is 7.85. The van der Waals surface area contributed by atoms with E-state index in [9.17, 15) is 0 Å². The third-order valence-corrected chi connectivity index (χ3v) is 4.24. The van der Waals surface area contributed by atoms with Crippen molar-refractivity contribution in [2.45, 2.75) is 25.7 Å². The van der Waals surface area contributed by atoms with E-state index in [1.807, 2.05) is 18.2 Å². The van der Waals surface area contributed by atoms with Crippen molar-refractivity contribution in [2.75, 3.05) is 24.7 Å². The lowest BCUT2D eigenvalue weighted by Gasteiger charge is -2.18. The average Bonchev–Trinajstić information content (AvgIpc) is 3.25. The minimum Gasteiger partial charge on any atom is -0.497 e. The van der Waals surface area contributed by atoms with Crippen LogP contribution in [0.2, 0.25) is 0 Å². The van der Waals surface area contributed by atoms with Crippen molar-refractivity contribution in [2.24, 2.45) is 17.8 Å². The van der Waals surface area contributed by atoms with Crippen LogP contribution >= 0.6 is 0 Å². The molecule has 3 heteroatoms. The summed E-state index contributed by atoms with van der Waals surface area (Å²) < 4.78 is 5.16. The molecule has 0 unspecified atom stereocenters. The molecule has 1 aromatic rings. The molecule has 3 nitrogen and oxygen atoms in total. The van der Waals surface area contributed by atoms with Crippen LogP contribution < -0.4 is 15.8 Å². The molecule has 18 heavy (non-hydrogen) atoms. The average molecular weight is 246 g/mol. The Kier molecular flexibility index (Phi) is 3.06. The summed E-state index contributed by atoms with van der Waals surface area (Å²) in [6, 6.07) is 5.86. The second kappa shape index (κ2) is 4.71. The molecule has 0 heterocycles. The van der Waals surface area contributed by atoms with Crippen LogP contribution in [0.3, 0.4) is 0 Å². The number of nitrogen functional groups attached to an aromatic ring is 1. The topological polar surface area (TPSA) is 47.3 Å². The van der Waals surface area contributed by atoms with Crippen LogP contribution in [0.1, 0.15) is 25.7 Å². The second-order valence-corrected chi connectivity index (χ2v) is 5.67. The minimum absolute atomic E-state index is 0.777. The molecule has 3 rings (SSSR count). The van der Waals surface area contributed by atoms with Gasteiger partial charge in [-0.25, -0.2) is 0 Å². The van der Waals surface area contributed by atoms with Crippen molar-refractivity contribution in [1.29, 1.82) is 0 Å². The number of ether oxygens (including phenoxy) is 1. The zero-order valence-corrected chi connectivity index (χ0v) is 11.0. The van der Waals surface area contributed by atoms with E-state index in [1.165, 1.54) is 25.7 Å². The first kappa shape index (κ1) is 11.7. The maximum absolute atomic E-state index is 6.02. The van der Waals surface area contributed by atoms with Crippen LogP contribution in [0.25, 0.3) is 0 Å². The van der Waals surface area contributed by atoms with Gasteiger partial charge in [-0.3, -0.25) is 0 Å². The Bertz CT molecular complexity index is 413. The standard InChI is InChI=1S/C15H22N2O/c1-18-12-6-7-15(14(16)8-12)17-9-13(10-2-3-10)11-4-5-11/h6-8,10-11,13,17H,2-5,9,16H2,1H3. The Labute approximate surface area is 109 Å². The van der Waals surface area contributed by atoms with Crippen LogP contribution in [-0.2, 0) is 0 Å². The van der Waals surface area contributed by atoms with Crippen molar-refractivity contribution < 1.29 is 4.74 Å². The minimum atomic E-state index is 0.777. The highest BCUT2D eigenvalue weighted by molar-refractivity contribution is 5.68. The van der Waals surface area contributed by atoms with E-state index in [0.29, 0.717) is 0 Å². The number of rotatable bonds is 6. The fourth-order valence-corrected chi connectivity index (χ4v) is 2.82. The third kappa shape index (κ3) is 2.55. The van der Waals surface area contributed by atoms with Crippen molar-refractivity contribution >= 4 is 11.4 Å². The van der Waals surface area contributed by atoms with Gasteiger partial charge in [0, 0.05) is 12.6 Å². The van der Waals surface area contributed by atoms with Crippen LogP contribution in [0.4, 0.5) is 11.4 Å². The summed E-state index contributed by atoms with van der Waals surface area (Å²) in [6.07, 6.45) is 5.73. The Hall–Kier alpha value is -1.38. The number of benzene rings is 1. The summed E-state index contributed by atoms with van der Waals surface area (Å²) in [5, 5.41) is 3.53. The molecule has 3 N–H and O–H groups in total. The van der Waals surface area contributed by atoms with Gasteiger partial charge in [-0.1, -0.05) is 0 Å². The first-order valence-electron chi connectivity index (χ1n) is 6.95. The molecule has 0 radical (unpaired) electrons. The third-order valence-electron chi connectivity index (χ3n) is 4.24. The normalized spacial score (nSPS) is 19.0. The fraction of sp³-hybridized carbons (Fsp3) is 0.600. The number of anilines is 2. The second-order valence-electron chi connectivity index (χ2n) is 5.67. The quantitative estimate of drug-likeness (QED) is 0.758. The van der Waals surface area contributed by atoms with Crippen molar-refractivity contribution in [3.63, 3.8) is 0 Å². The molecule has 0 aliphatic heterocycles. The van der Waals surface area contributed by atoms with E-state index in [4.69, 9.17) is 10.5 Å². The Morgan fingerprint density at radius 1 is 1.28 bits per heavy atom. The lowest BCUT2D eigenvalue weighted by molar-refractivity contribution is 0.415. The first-order valence-corrected chi connectivity index (χ1v) is 6.95. The maximum Gasteiger partial charge on any atom is 0.121 e. The number of nitrogens with two attached hydrogens (primary N) is 1. The van der Waals surface area contributed by atoms with Gasteiger partial charge in [0.15, 0.2) is 0 Å². The van der Waals surface area contributed by atoms with Gasteiger partial charge in [0.05, 0.1) is 18.5 Å². The predicted molar refractivity (Wildman–Crippen MR) is 74.8 cm³/mol. The lowest BCUT2D eigenvalue weighted by atomic mass is 9.98. The molecular formula is C15H22N2O. The van der Waals surface area contributed by atoms with E-state index in [0.717, 1.165) is 41.4 Å². The van der Waals surface area contributed by atoms with Gasteiger partial charge in [0.1, 0.15) is 5.75 Å². The molecule has 2 fully saturated rings. The van der Waals surface area contributed by atoms with E-state index >= 15 is 0 Å². The Balaban J connectivity index is 1.61. The first-order chi connectivity index (χ1) is 8.78. The molecule has 0 saturated heterocycles. The number of hydrogen-bond donors (Lipinski definition) is 2. The Morgan fingerprint density at radius 2 is 1.94 bits per heavy atom. The van der Waals surface area contributed by atoms with Gasteiger partial charge in [0.2, 0.25) is 0 Å². The summed E-state index contributed by atoms with van der Waals surface area (Å²) in [5.74, 6) is 3.64. The molecule has 0 bridgehead atoms. The molecule has 98 valence electrons. The molecular weight excluding hydrogens is 224 g/mol. The molecule has 0 amide bonds. The van der Waals surface area contributed by atoms with Gasteiger partial charge in [-0.15, -0.1) is 0 Å². The molecule has 2 aliphatic carbocycles. The molecule has 0 spiro atoms. The van der Waals surface area contributed by atoms with Crippen LogP contribution in [0, 0.1) is 17.8 Å². The summed E-state index contributed by atoms with van der Waals surface area (Å²) in [6.45, 7) is 1.08. The summed E-state index contributed by atoms with van der Waals surface area (Å²) >= 11 is 0. The smallest absolute Gasteiger partial charge is 0.121 e. The van der Waals surface area contributed by atoms with Crippen LogP contribution in [0.5, 0.6) is 5.75 Å². The van der Waals surface area contributed by atoms with Crippen molar-refractivity contribution in [1.82, 2.24) is 0 Å². The Morgan fingerprint density at radius 3 is 2.44 bits per heavy atom. The van der Waals surface area contributed by atoms with Gasteiger partial charge < -0.3 is 15.8 Å². The zero-order valence-electron chi connectivity index (χ0n) is 11.0. The van der Waals surface area contributed by atoms with E-state index in [2.05, 4.69) is 5.32 Å². The van der Waals surface area contributed by atoms with E-state index < -0.39 is 0 Å². The van der Waals surface area contributed by atoms with Crippen molar-refractivity contribution in [3.05, 3.63) is 18.2 Å². The molecule has 2 saturated carbocycles. The van der Waals surface area contributed by atoms with E-state index in [-0.39, 0.29) is 0 Å². The molecule has 0 atom stereocenters. The van der Waals surface area contributed by atoms with Crippen LogP contribution in [0.15, 0.2) is 18.2 Å². The predicted octanol–water partition coefficient (Wildman–Crippen LogP) is 3.13. The van der Waals surface area contributed by atoms with Gasteiger partial charge >= 0.3 is 0 Å². The van der Waals surface area contributed by atoms with Gasteiger partial charge in [-0.05, 0) is 55.6 Å². The molecule has 0 aromatic heterocycles. The highest BCUT2D eigenvalue weighted by atomic mass is 16.5. The van der Waals surface area contributed by atoms with Crippen LogP contribution in [-0.4, -0.2) is 13.7 Å². The highest BCUT2D eigenvalue weighted by Crippen LogP contribution is 2.49. The van der Waals surface area contributed by atoms with Gasteiger partial charge in [-0.2, -0.15) is 0 Å². The lowest BCUT2D eigenvalue weighted by Crippen LogP contribution is -2.18. The van der Waals surface area contributed by atoms with Crippen molar-refractivity contribution in [3.8, 4) is 5.75 Å². The number of methoxy groups -OCH3 is 1. The van der Waals surface area contributed by atoms with E-state index in [1.54, 1.807) is 7.11 Å². The monoisotopic (exact) mass is 246 g/mol. The number of hydrogen-bond acceptors (Lipinski definition) is 3. The molecule has 1 aromatic carbocycles. The van der Waals surface area contributed by atoms with Gasteiger partial charge in [0.25, 0.3) is 0 Å². The SMILES string of the molecule is COc1ccc(NCC(C2CC2)C2CC2)c(N)c1. The zero-order chi connectivity index (χ0) is 12.5. The fourth-order valence-electron chi connectivity index (χ4n) is 2.82. The highest BCUT2D eigenvalue weighted by Gasteiger charge is 2.40. The maximum atomic E-state index is 6.02.